The molecule has 0 aliphatic rings. The zero-order chi connectivity index (χ0) is 8.43. The lowest BCUT2D eigenvalue weighted by Crippen LogP contribution is -1.86. The smallest absolute Gasteiger partial charge is 0.145 e. The van der Waals surface area contributed by atoms with Crippen LogP contribution in [-0.4, -0.2) is 7.11 Å². The second-order valence-corrected chi connectivity index (χ2v) is 3.16. The topological polar surface area (TPSA) is 9.23 Å². The maximum atomic E-state index is 12.7. The average molecular weight is 239 g/mol. The van der Waals surface area contributed by atoms with E-state index in [0.29, 0.717) is 10.2 Å². The Hall–Kier alpha value is -0.280. The Balaban J connectivity index is 3.21. The average Bonchev–Trinajstić information content (AvgIpc) is 1.97. The van der Waals surface area contributed by atoms with Crippen LogP contribution in [0.15, 0.2) is 16.6 Å². The van der Waals surface area contributed by atoms with Crippen molar-refractivity contribution in [1.82, 2.24) is 0 Å². The van der Waals surface area contributed by atoms with E-state index in [0.717, 1.165) is 0 Å². The molecule has 0 amide bonds. The summed E-state index contributed by atoms with van der Waals surface area (Å²) in [5.74, 6) is -0.0429. The van der Waals surface area contributed by atoms with E-state index in [9.17, 15) is 4.39 Å². The third-order valence-electron chi connectivity index (χ3n) is 1.19. The molecular weight excluding hydrogens is 234 g/mol. The molecule has 11 heavy (non-hydrogen) atoms. The second kappa shape index (κ2) is 3.41. The van der Waals surface area contributed by atoms with Crippen molar-refractivity contribution in [3.05, 3.63) is 27.4 Å². The van der Waals surface area contributed by atoms with Crippen LogP contribution in [-0.2, 0) is 0 Å². The van der Waals surface area contributed by atoms with Crippen LogP contribution in [0.4, 0.5) is 4.39 Å². The zero-order valence-corrected chi connectivity index (χ0v) is 8.04. The first-order chi connectivity index (χ1) is 5.15. The summed E-state index contributed by atoms with van der Waals surface area (Å²) in [6, 6.07) is 2.68. The van der Waals surface area contributed by atoms with Gasteiger partial charge in [-0.15, -0.1) is 0 Å². The normalized spacial score (nSPS) is 9.82. The third kappa shape index (κ3) is 1.84. The van der Waals surface area contributed by atoms with E-state index >= 15 is 0 Å². The van der Waals surface area contributed by atoms with Crippen molar-refractivity contribution in [2.45, 2.75) is 0 Å². The van der Waals surface area contributed by atoms with Crippen LogP contribution in [0.5, 0.6) is 5.75 Å². The van der Waals surface area contributed by atoms with Crippen molar-refractivity contribution in [3.63, 3.8) is 0 Å². The van der Waals surface area contributed by atoms with Crippen LogP contribution in [0, 0.1) is 5.82 Å². The standard InChI is InChI=1S/C7H5BrClFO/c1-11-7-3-6(10)5(9)2-4(7)8/h2-3H,1H3. The van der Waals surface area contributed by atoms with Crippen LogP contribution < -0.4 is 4.74 Å². The van der Waals surface area contributed by atoms with Crippen LogP contribution >= 0.6 is 27.5 Å². The molecule has 4 heteroatoms. The van der Waals surface area contributed by atoms with Gasteiger partial charge < -0.3 is 4.74 Å². The minimum Gasteiger partial charge on any atom is -0.495 e. The molecule has 1 aromatic carbocycles. The third-order valence-corrected chi connectivity index (χ3v) is 2.10. The fourth-order valence-corrected chi connectivity index (χ4v) is 1.46. The number of benzene rings is 1. The minimum absolute atomic E-state index is 0.0812. The summed E-state index contributed by atoms with van der Waals surface area (Å²) < 4.78 is 18.2. The van der Waals surface area contributed by atoms with E-state index in [-0.39, 0.29) is 5.02 Å². The van der Waals surface area contributed by atoms with Gasteiger partial charge in [0.05, 0.1) is 16.6 Å². The minimum atomic E-state index is -0.480. The molecule has 60 valence electrons. The molecule has 0 aromatic heterocycles. The molecule has 0 heterocycles. The van der Waals surface area contributed by atoms with Gasteiger partial charge in [-0.3, -0.25) is 0 Å². The van der Waals surface area contributed by atoms with Gasteiger partial charge in [0.2, 0.25) is 0 Å². The summed E-state index contributed by atoms with van der Waals surface area (Å²) in [7, 11) is 1.47. The molecule has 0 unspecified atom stereocenters. The van der Waals surface area contributed by atoms with Gasteiger partial charge in [-0.1, -0.05) is 11.6 Å². The Kier molecular flexibility index (Phi) is 2.73. The summed E-state index contributed by atoms with van der Waals surface area (Å²) in [4.78, 5) is 0. The van der Waals surface area contributed by atoms with E-state index in [2.05, 4.69) is 15.9 Å². The van der Waals surface area contributed by atoms with Gasteiger partial charge in [0, 0.05) is 6.07 Å². The molecule has 0 aliphatic heterocycles. The molecule has 0 saturated heterocycles. The summed E-state index contributed by atoms with van der Waals surface area (Å²) >= 11 is 8.65. The van der Waals surface area contributed by atoms with Crippen molar-refractivity contribution >= 4 is 27.5 Å². The molecule has 1 rings (SSSR count). The van der Waals surface area contributed by atoms with Gasteiger partial charge in [-0.05, 0) is 22.0 Å². The maximum absolute atomic E-state index is 12.7. The van der Waals surface area contributed by atoms with Crippen molar-refractivity contribution in [3.8, 4) is 5.75 Å². The molecule has 0 bridgehead atoms. The Morgan fingerprint density at radius 2 is 2.18 bits per heavy atom. The summed E-state index contributed by atoms with van der Waals surface area (Å²) in [5, 5.41) is 0.0812. The Bertz CT molecular complexity index is 277. The SMILES string of the molecule is COc1cc(F)c(Cl)cc1Br. The molecule has 0 radical (unpaired) electrons. The zero-order valence-electron chi connectivity index (χ0n) is 5.70. The van der Waals surface area contributed by atoms with Crippen LogP contribution in [0.2, 0.25) is 5.02 Å². The van der Waals surface area contributed by atoms with Crippen molar-refractivity contribution in [2.75, 3.05) is 7.11 Å². The van der Waals surface area contributed by atoms with Gasteiger partial charge in [0.25, 0.3) is 0 Å². The van der Waals surface area contributed by atoms with Gasteiger partial charge in [-0.25, -0.2) is 4.39 Å². The molecule has 0 spiro atoms. The first-order valence-corrected chi connectivity index (χ1v) is 4.00. The first-order valence-electron chi connectivity index (χ1n) is 2.83. The van der Waals surface area contributed by atoms with Gasteiger partial charge in [0.1, 0.15) is 11.6 Å². The Labute approximate surface area is 77.2 Å². The predicted octanol–water partition coefficient (Wildman–Crippen LogP) is 3.25. The quantitative estimate of drug-likeness (QED) is 0.684. The number of hydrogen-bond donors (Lipinski definition) is 0. The number of halogens is 3. The van der Waals surface area contributed by atoms with E-state index in [4.69, 9.17) is 16.3 Å². The summed E-state index contributed by atoms with van der Waals surface area (Å²) in [5.41, 5.74) is 0. The lowest BCUT2D eigenvalue weighted by molar-refractivity contribution is 0.408. The lowest BCUT2D eigenvalue weighted by Gasteiger charge is -2.03. The summed E-state index contributed by atoms with van der Waals surface area (Å²) in [6.07, 6.45) is 0. The molecule has 1 nitrogen and oxygen atoms in total. The molecule has 0 saturated carbocycles. The highest BCUT2D eigenvalue weighted by Crippen LogP contribution is 2.29. The highest BCUT2D eigenvalue weighted by molar-refractivity contribution is 9.10. The highest BCUT2D eigenvalue weighted by atomic mass is 79.9. The van der Waals surface area contributed by atoms with E-state index in [1.165, 1.54) is 19.2 Å². The van der Waals surface area contributed by atoms with Gasteiger partial charge >= 0.3 is 0 Å². The molecule has 0 atom stereocenters. The number of ether oxygens (including phenoxy) is 1. The van der Waals surface area contributed by atoms with E-state index in [1.54, 1.807) is 0 Å². The monoisotopic (exact) mass is 238 g/mol. The van der Waals surface area contributed by atoms with E-state index < -0.39 is 5.82 Å². The highest BCUT2D eigenvalue weighted by Gasteiger charge is 2.05. The molecular formula is C7H5BrClFO. The van der Waals surface area contributed by atoms with Crippen LogP contribution in [0.3, 0.4) is 0 Å². The predicted molar refractivity (Wildman–Crippen MR) is 45.7 cm³/mol. The molecule has 0 fully saturated rings. The van der Waals surface area contributed by atoms with Crippen LogP contribution in [0.25, 0.3) is 0 Å². The van der Waals surface area contributed by atoms with E-state index in [1.807, 2.05) is 0 Å². The number of rotatable bonds is 1. The lowest BCUT2D eigenvalue weighted by atomic mass is 10.3. The first kappa shape index (κ1) is 8.81. The molecule has 0 N–H and O–H groups in total. The number of hydrogen-bond acceptors (Lipinski definition) is 1. The van der Waals surface area contributed by atoms with Crippen molar-refractivity contribution in [1.29, 1.82) is 0 Å². The fraction of sp³-hybridized carbons (Fsp3) is 0.143. The fourth-order valence-electron chi connectivity index (χ4n) is 0.661. The number of methoxy groups -OCH3 is 1. The largest absolute Gasteiger partial charge is 0.495 e. The Morgan fingerprint density at radius 1 is 1.55 bits per heavy atom. The second-order valence-electron chi connectivity index (χ2n) is 1.90. The van der Waals surface area contributed by atoms with Gasteiger partial charge in [0.15, 0.2) is 0 Å². The molecule has 1 aromatic rings. The Morgan fingerprint density at radius 3 is 2.73 bits per heavy atom. The van der Waals surface area contributed by atoms with Crippen LogP contribution in [0.1, 0.15) is 0 Å². The van der Waals surface area contributed by atoms with Gasteiger partial charge in [-0.2, -0.15) is 0 Å². The summed E-state index contributed by atoms with van der Waals surface area (Å²) in [6.45, 7) is 0. The maximum Gasteiger partial charge on any atom is 0.145 e. The van der Waals surface area contributed by atoms with Crippen molar-refractivity contribution < 1.29 is 9.13 Å². The molecule has 0 aliphatic carbocycles. The van der Waals surface area contributed by atoms with Crippen molar-refractivity contribution in [2.24, 2.45) is 0 Å².